The van der Waals surface area contributed by atoms with Gasteiger partial charge in [-0.15, -0.1) is 0 Å². The Labute approximate surface area is 102 Å². The van der Waals surface area contributed by atoms with Crippen LogP contribution in [0.4, 0.5) is 0 Å². The second-order valence-electron chi connectivity index (χ2n) is 3.50. The molecule has 0 aliphatic heterocycles. The molecule has 0 bridgehead atoms. The zero-order valence-electron chi connectivity index (χ0n) is 9.41. The molecule has 0 N–H and O–H groups in total. The molecule has 3 nitrogen and oxygen atoms in total. The molecule has 0 heterocycles. The first-order chi connectivity index (χ1) is 8.16. The van der Waals surface area contributed by atoms with Gasteiger partial charge in [-0.3, -0.25) is 0 Å². The third kappa shape index (κ3) is 3.60. The minimum Gasteiger partial charge on any atom is -0.245 e. The molecule has 88 valence electrons. The summed E-state index contributed by atoms with van der Waals surface area (Å²) in [4.78, 5) is 0. The van der Waals surface area contributed by atoms with Crippen molar-refractivity contribution in [2.75, 3.05) is 6.26 Å². The number of para-hydroxylation sites is 2. The molecule has 0 fully saturated rings. The van der Waals surface area contributed by atoms with Crippen LogP contribution in [-0.4, -0.2) is 6.26 Å². The van der Waals surface area contributed by atoms with E-state index in [1.807, 2.05) is 36.4 Å². The number of rotatable bonds is 4. The average Bonchev–Trinajstić information content (AvgIpc) is 2.30. The van der Waals surface area contributed by atoms with Crippen LogP contribution >= 0.6 is 0 Å². The molecule has 17 heavy (non-hydrogen) atoms. The van der Waals surface area contributed by atoms with Gasteiger partial charge in [0.05, 0.1) is 0 Å². The molecular formula is C13H13O3S+. The van der Waals surface area contributed by atoms with Crippen LogP contribution in [0, 0.1) is 0 Å². The summed E-state index contributed by atoms with van der Waals surface area (Å²) in [6, 6.07) is 17.9. The van der Waals surface area contributed by atoms with Crippen molar-refractivity contribution in [3.63, 3.8) is 0 Å². The van der Waals surface area contributed by atoms with Crippen molar-refractivity contribution in [2.24, 2.45) is 0 Å². The molecular weight excluding hydrogens is 236 g/mol. The third-order valence-corrected chi connectivity index (χ3v) is 2.97. The molecule has 0 radical (unpaired) electrons. The van der Waals surface area contributed by atoms with Crippen molar-refractivity contribution in [3.8, 4) is 11.5 Å². The van der Waals surface area contributed by atoms with Crippen LogP contribution in [-0.2, 0) is 14.7 Å². The molecule has 0 spiro atoms. The van der Waals surface area contributed by atoms with Crippen LogP contribution < -0.4 is 8.37 Å². The Morgan fingerprint density at radius 2 is 1.12 bits per heavy atom. The van der Waals surface area contributed by atoms with Gasteiger partial charge in [-0.25, -0.2) is 8.37 Å². The molecule has 0 aliphatic carbocycles. The lowest BCUT2D eigenvalue weighted by molar-refractivity contribution is 0.417. The van der Waals surface area contributed by atoms with Crippen molar-refractivity contribution in [1.82, 2.24) is 0 Å². The number of hydrogen-bond donors (Lipinski definition) is 0. The van der Waals surface area contributed by atoms with Crippen LogP contribution in [0.3, 0.4) is 0 Å². The third-order valence-electron chi connectivity index (χ3n) is 1.98. The predicted octanol–water partition coefficient (Wildman–Crippen LogP) is 3.10. The summed E-state index contributed by atoms with van der Waals surface area (Å²) in [6.07, 6.45) is 1.42. The lowest BCUT2D eigenvalue weighted by Gasteiger charge is -2.06. The zero-order valence-corrected chi connectivity index (χ0v) is 10.2. The van der Waals surface area contributed by atoms with E-state index in [1.54, 1.807) is 24.3 Å². The van der Waals surface area contributed by atoms with Gasteiger partial charge in [0, 0.05) is 0 Å². The second kappa shape index (κ2) is 5.01. The summed E-state index contributed by atoms with van der Waals surface area (Å²) in [5.41, 5.74) is 0. The summed E-state index contributed by atoms with van der Waals surface area (Å²) < 4.78 is 22.7. The van der Waals surface area contributed by atoms with Gasteiger partial charge in [-0.1, -0.05) is 36.4 Å². The normalized spacial score (nSPS) is 10.9. The molecule has 2 aromatic carbocycles. The first-order valence-electron chi connectivity index (χ1n) is 5.14. The molecule has 0 aliphatic rings. The largest absolute Gasteiger partial charge is 0.432 e. The van der Waals surface area contributed by atoms with Crippen LogP contribution in [0.5, 0.6) is 11.5 Å². The Kier molecular flexibility index (Phi) is 3.44. The number of hydrogen-bond acceptors (Lipinski definition) is 3. The Morgan fingerprint density at radius 3 is 1.47 bits per heavy atom. The molecule has 0 saturated carbocycles. The molecule has 0 atom stereocenters. The summed E-state index contributed by atoms with van der Waals surface area (Å²) in [7, 11) is -2.84. The van der Waals surface area contributed by atoms with E-state index in [0.717, 1.165) is 0 Å². The van der Waals surface area contributed by atoms with E-state index in [9.17, 15) is 4.21 Å². The van der Waals surface area contributed by atoms with E-state index in [4.69, 9.17) is 8.37 Å². The highest BCUT2D eigenvalue weighted by molar-refractivity contribution is 7.94. The molecule has 4 heteroatoms. The van der Waals surface area contributed by atoms with Crippen LogP contribution in [0.1, 0.15) is 0 Å². The quantitative estimate of drug-likeness (QED) is 0.781. The predicted molar refractivity (Wildman–Crippen MR) is 68.1 cm³/mol. The van der Waals surface area contributed by atoms with Gasteiger partial charge >= 0.3 is 10.5 Å². The highest BCUT2D eigenvalue weighted by Crippen LogP contribution is 2.19. The van der Waals surface area contributed by atoms with Crippen LogP contribution in [0.15, 0.2) is 60.7 Å². The lowest BCUT2D eigenvalue weighted by Crippen LogP contribution is -2.23. The molecule has 0 saturated heterocycles. The van der Waals surface area contributed by atoms with Gasteiger partial charge in [-0.2, -0.15) is 0 Å². The Bertz CT molecular complexity index is 465. The van der Waals surface area contributed by atoms with Crippen molar-refractivity contribution < 1.29 is 12.6 Å². The van der Waals surface area contributed by atoms with Gasteiger partial charge in [0.2, 0.25) is 0 Å². The van der Waals surface area contributed by atoms with Crippen molar-refractivity contribution in [2.45, 2.75) is 0 Å². The number of benzene rings is 2. The topological polar surface area (TPSA) is 35.5 Å². The second-order valence-corrected chi connectivity index (χ2v) is 5.24. The van der Waals surface area contributed by atoms with Crippen molar-refractivity contribution in [3.05, 3.63) is 60.7 Å². The van der Waals surface area contributed by atoms with E-state index >= 15 is 0 Å². The molecule has 2 rings (SSSR count). The van der Waals surface area contributed by atoms with E-state index in [0.29, 0.717) is 11.5 Å². The van der Waals surface area contributed by atoms with E-state index in [-0.39, 0.29) is 0 Å². The summed E-state index contributed by atoms with van der Waals surface area (Å²) in [5, 5.41) is 0. The smallest absolute Gasteiger partial charge is 0.245 e. The van der Waals surface area contributed by atoms with E-state index in [1.165, 1.54) is 6.26 Å². The summed E-state index contributed by atoms with van der Waals surface area (Å²) in [5.74, 6) is 1.05. The van der Waals surface area contributed by atoms with Gasteiger partial charge in [0.15, 0.2) is 17.8 Å². The fourth-order valence-electron chi connectivity index (χ4n) is 1.32. The van der Waals surface area contributed by atoms with E-state index in [2.05, 4.69) is 0 Å². The minimum atomic E-state index is -2.84. The summed E-state index contributed by atoms with van der Waals surface area (Å²) >= 11 is 0. The molecule has 2 aromatic rings. The van der Waals surface area contributed by atoms with Gasteiger partial charge < -0.3 is 0 Å². The van der Waals surface area contributed by atoms with Gasteiger partial charge in [-0.05, 0) is 28.5 Å². The maximum absolute atomic E-state index is 12.1. The van der Waals surface area contributed by atoms with Gasteiger partial charge in [0.25, 0.3) is 0 Å². The highest BCUT2D eigenvalue weighted by atomic mass is 32.3. The van der Waals surface area contributed by atoms with Gasteiger partial charge in [0.1, 0.15) is 0 Å². The minimum absolute atomic E-state index is 0.524. The standard InChI is InChI=1S/C13H13O3S/c1-17(14,15-12-8-4-2-5-9-12)16-13-10-6-3-7-11-13/h2-11H,1H3/q+1. The fraction of sp³-hybridized carbons (Fsp3) is 0.0769. The molecule has 0 unspecified atom stereocenters. The lowest BCUT2D eigenvalue weighted by atomic mass is 10.3. The molecule has 0 aromatic heterocycles. The monoisotopic (exact) mass is 249 g/mol. The van der Waals surface area contributed by atoms with Crippen LogP contribution in [0.2, 0.25) is 0 Å². The maximum atomic E-state index is 12.1. The maximum Gasteiger partial charge on any atom is 0.432 e. The first-order valence-corrected chi connectivity index (χ1v) is 6.95. The Balaban J connectivity index is 2.07. The van der Waals surface area contributed by atoms with Crippen molar-refractivity contribution in [1.29, 1.82) is 0 Å². The fourth-order valence-corrected chi connectivity index (χ4v) is 2.27. The van der Waals surface area contributed by atoms with Crippen LogP contribution in [0.25, 0.3) is 0 Å². The molecule has 0 amide bonds. The Hall–Kier alpha value is -1.81. The zero-order chi connectivity index (χ0) is 12.1. The van der Waals surface area contributed by atoms with Crippen molar-refractivity contribution >= 4 is 10.5 Å². The Morgan fingerprint density at radius 1 is 0.765 bits per heavy atom. The van der Waals surface area contributed by atoms with E-state index < -0.39 is 10.5 Å². The first kappa shape index (κ1) is 11.7. The summed E-state index contributed by atoms with van der Waals surface area (Å²) in [6.45, 7) is 0. The average molecular weight is 249 g/mol. The SMILES string of the molecule is C[S+](=O)(Oc1ccccc1)Oc1ccccc1. The highest BCUT2D eigenvalue weighted by Gasteiger charge is 2.27.